The molecule has 57 nitrogen and oxygen atoms in total. The quantitative estimate of drug-likeness (QED) is 0.0251. The lowest BCUT2D eigenvalue weighted by Gasteiger charge is -2.46. The zero-order valence-corrected chi connectivity index (χ0v) is 65.9. The molecular formula is C66H117N11O46-4. The largest absolute Gasteiger partial charge is 0.549 e. The molecule has 0 aromatic carbocycles. The number of carbonyl (C=O) groups excluding carboxylic acids is 11. The molecule has 0 aliphatic carbocycles. The average molecular weight is 1800 g/mol. The van der Waals surface area contributed by atoms with E-state index in [1.807, 2.05) is 26.6 Å². The van der Waals surface area contributed by atoms with E-state index in [1.54, 1.807) is 0 Å². The lowest BCUT2D eigenvalue weighted by Crippen LogP contribution is -2.64. The molecule has 1 fully saturated rings. The Balaban J connectivity index is 4.22. The molecule has 123 heavy (non-hydrogen) atoms. The lowest BCUT2D eigenvalue weighted by molar-refractivity contribution is -0.316. The molecule has 1 aliphatic heterocycles. The van der Waals surface area contributed by atoms with Gasteiger partial charge in [0.05, 0.1) is 63.5 Å². The van der Waals surface area contributed by atoms with Crippen LogP contribution in [0.5, 0.6) is 0 Å². The second kappa shape index (κ2) is 54.1. The van der Waals surface area contributed by atoms with Gasteiger partial charge in [-0.2, -0.15) is 0 Å². The zero-order valence-electron chi connectivity index (χ0n) is 65.9. The van der Waals surface area contributed by atoms with Crippen molar-refractivity contribution >= 4 is 65.2 Å². The summed E-state index contributed by atoms with van der Waals surface area (Å²) >= 11 is 0. The molecule has 28 unspecified atom stereocenters. The number of carboxylic acid groups (broad SMARTS) is 4. The molecule has 0 spiro atoms. The summed E-state index contributed by atoms with van der Waals surface area (Å²) in [6.45, 7) is -21.9. The maximum Gasteiger partial charge on any atom is 0.251 e. The van der Waals surface area contributed by atoms with E-state index in [9.17, 15) is 231 Å². The minimum absolute atomic E-state index is 0.598. The summed E-state index contributed by atoms with van der Waals surface area (Å²) in [5.74, 6) is -19.6. The molecule has 0 bridgehead atoms. The van der Waals surface area contributed by atoms with Crippen LogP contribution in [0.2, 0.25) is 0 Å². The van der Waals surface area contributed by atoms with Crippen molar-refractivity contribution in [3.63, 3.8) is 0 Å². The number of amides is 7. The van der Waals surface area contributed by atoms with Crippen molar-refractivity contribution in [1.82, 2.24) is 57.2 Å². The first-order chi connectivity index (χ1) is 57.1. The molecule has 28 atom stereocenters. The third-order valence-electron chi connectivity index (χ3n) is 20.3. The van der Waals surface area contributed by atoms with Gasteiger partial charge in [0.2, 0.25) is 11.8 Å². The predicted molar refractivity (Wildman–Crippen MR) is 386 cm³/mol. The maximum atomic E-state index is 14.2. The fraction of sp³-hybridized carbons (Fsp3) is 0.833. The first-order valence-corrected chi connectivity index (χ1v) is 37.5. The topological polar surface area (TPSA) is 1010 Å². The Kier molecular flexibility index (Phi) is 50.0. The summed E-state index contributed by atoms with van der Waals surface area (Å²) in [6, 6.07) is -4.31. The van der Waals surface area contributed by atoms with E-state index in [1.165, 1.54) is 0 Å². The molecule has 1 aliphatic rings. The average Bonchev–Trinajstić information content (AvgIpc) is 1.70. The van der Waals surface area contributed by atoms with E-state index >= 15 is 0 Å². The van der Waals surface area contributed by atoms with Gasteiger partial charge in [-0.25, -0.2) is 0 Å². The standard InChI is InChI=1S/C66H121N11O46/c1-64(77(8-36(92)93)9-37(94)95)24-75(26(62(120)121)2-4-34(90)67-16-65(18-69-56(114)50(108)44(102)38(96)28(84)10-78,19-70-57(115)51(109)45(103)39(97)29(85)11-79)20-71-58(116)52(110)46(104)40(98)30(86)12-80)6-7-76(25-64)27(63(122)123)3-5-35(91)68-17-66(21-72-59(117)53(111)47(105)41(99)31(87)13-81,22-73-60(118)54(112)48(106)42(100)32(88)14-82)23-74-61(119)55(113)49(107)43(101)33(89)15-83/h26-33,38-56,69,78-89,96-114H,2-25H2,1H3,(H,67,90)(H,68,91)(H,70,115)(H,71,116)(H,72,117)(H,73,118)(H,74,119)(H,92,93)(H,94,95)(H,120,121)(H,122,123)/p-4. The van der Waals surface area contributed by atoms with Gasteiger partial charge in [0, 0.05) is 133 Å². The Hall–Kier alpha value is -7.23. The molecule has 39 N–H and O–H groups in total. The number of nitrogens with one attached hydrogen (secondary N) is 8. The van der Waals surface area contributed by atoms with Gasteiger partial charge in [-0.3, -0.25) is 53.6 Å². The van der Waals surface area contributed by atoms with Crippen LogP contribution in [0.15, 0.2) is 0 Å². The van der Waals surface area contributed by atoms with Gasteiger partial charge in [-0.15, -0.1) is 0 Å². The number of aliphatic carboxylic acids is 4. The fourth-order valence-electron chi connectivity index (χ4n) is 12.2. The highest BCUT2D eigenvalue weighted by molar-refractivity contribution is 5.84. The molecule has 0 aromatic rings. The van der Waals surface area contributed by atoms with Crippen LogP contribution >= 0.6 is 0 Å². The Morgan fingerprint density at radius 2 is 0.545 bits per heavy atom. The van der Waals surface area contributed by atoms with E-state index < -0.39 is 403 Å². The third-order valence-corrected chi connectivity index (χ3v) is 20.3. The van der Waals surface area contributed by atoms with Crippen LogP contribution in [-0.4, -0.2) is 540 Å². The smallest absolute Gasteiger partial charge is 0.251 e. The molecule has 1 rings (SSSR count). The number of aliphatic hydroxyl groups excluding tert-OH is 31. The van der Waals surface area contributed by atoms with Crippen molar-refractivity contribution in [3.05, 3.63) is 0 Å². The fourth-order valence-corrected chi connectivity index (χ4v) is 12.2. The second-order valence-corrected chi connectivity index (χ2v) is 29.9. The van der Waals surface area contributed by atoms with Crippen LogP contribution in [-0.2, 0) is 52.7 Å². The lowest BCUT2D eigenvalue weighted by atomic mass is 9.86. The van der Waals surface area contributed by atoms with Crippen LogP contribution in [0.3, 0.4) is 0 Å². The van der Waals surface area contributed by atoms with E-state index in [0.717, 1.165) is 16.7 Å². The van der Waals surface area contributed by atoms with Crippen LogP contribution < -0.4 is 63.0 Å². The molecule has 1 saturated heterocycles. The van der Waals surface area contributed by atoms with Crippen molar-refractivity contribution in [1.29, 1.82) is 0 Å². The van der Waals surface area contributed by atoms with Crippen LogP contribution in [0.4, 0.5) is 0 Å². The maximum absolute atomic E-state index is 14.2. The first-order valence-electron chi connectivity index (χ1n) is 37.5. The minimum Gasteiger partial charge on any atom is -0.549 e. The summed E-state index contributed by atoms with van der Waals surface area (Å²) in [5.41, 5.74) is -7.01. The second-order valence-electron chi connectivity index (χ2n) is 29.9. The van der Waals surface area contributed by atoms with Crippen molar-refractivity contribution < 1.29 is 231 Å². The van der Waals surface area contributed by atoms with Gasteiger partial charge >= 0.3 is 0 Å². The van der Waals surface area contributed by atoms with Gasteiger partial charge in [-0.05, 0) is 19.8 Å². The monoisotopic (exact) mass is 1800 g/mol. The highest BCUT2D eigenvalue weighted by Crippen LogP contribution is 2.28. The molecule has 0 radical (unpaired) electrons. The van der Waals surface area contributed by atoms with E-state index in [0.29, 0.717) is 4.90 Å². The highest BCUT2D eigenvalue weighted by Gasteiger charge is 2.47. The van der Waals surface area contributed by atoms with Gasteiger partial charge in [0.15, 0.2) is 30.5 Å². The van der Waals surface area contributed by atoms with E-state index in [4.69, 9.17) is 0 Å². The summed E-state index contributed by atoms with van der Waals surface area (Å²) in [7, 11) is 0. The number of nitrogens with zero attached hydrogens (tertiary/aromatic N) is 3. The Morgan fingerprint density at radius 3 is 0.764 bits per heavy atom. The van der Waals surface area contributed by atoms with Crippen LogP contribution in [0, 0.1) is 10.8 Å². The number of hydrogen-bond acceptors (Lipinski definition) is 50. The van der Waals surface area contributed by atoms with Crippen molar-refractivity contribution in [2.75, 3.05) is 131 Å². The first kappa shape index (κ1) is 114. The molecular weight excluding hydrogens is 1680 g/mol. The van der Waals surface area contributed by atoms with Crippen molar-refractivity contribution in [2.24, 2.45) is 10.8 Å². The summed E-state index contributed by atoms with van der Waals surface area (Å²) in [5, 5.41) is 383. The van der Waals surface area contributed by atoms with Crippen LogP contribution in [0.25, 0.3) is 0 Å². The SMILES string of the molecule is CC1(N(CC(=O)[O-])CC(=O)[O-])CN(C(CCC(=O)NCC(CNC(=O)C(O)C(O)C(O)C(O)CO)(CNC(=O)C(O)C(O)C(O)C(O)CO)CNC(=O)C(O)C(O)C(O)C(O)CO)C(=O)[O-])CCN(C(CCC(=O)NCC(CNC(=O)C(O)C(O)C(O)C(O)CO)(CNC(=O)C(O)C(O)C(O)C(O)CO)CNC(O)C(O)C(O)C(O)C(O)CO)C(=O)[O-])C1. The number of carboxylic acids is 4. The van der Waals surface area contributed by atoms with Gasteiger partial charge in [0.1, 0.15) is 122 Å². The summed E-state index contributed by atoms with van der Waals surface area (Å²) < 4.78 is 0. The number of rotatable bonds is 62. The third kappa shape index (κ3) is 35.2. The highest BCUT2D eigenvalue weighted by atomic mass is 16.5. The van der Waals surface area contributed by atoms with E-state index in [-0.39, 0.29) is 0 Å². The summed E-state index contributed by atoms with van der Waals surface area (Å²) in [6.07, 6.45) is -67.3. The molecule has 0 aromatic heterocycles. The number of carbonyl (C=O) groups is 11. The van der Waals surface area contributed by atoms with Gasteiger partial charge < -0.3 is 235 Å². The zero-order chi connectivity index (χ0) is 94.8. The Morgan fingerprint density at radius 1 is 0.325 bits per heavy atom. The molecule has 0 saturated carbocycles. The van der Waals surface area contributed by atoms with Crippen LogP contribution in [0.1, 0.15) is 32.6 Å². The molecule has 716 valence electrons. The number of aliphatic hydroxyl groups is 31. The molecule has 1 heterocycles. The Labute approximate surface area is 697 Å². The molecule has 57 heteroatoms. The van der Waals surface area contributed by atoms with E-state index in [2.05, 4.69) is 16.0 Å². The van der Waals surface area contributed by atoms with Gasteiger partial charge in [-0.1, -0.05) is 0 Å². The normalized spacial score (nSPS) is 22.0. The molecule has 7 amide bonds. The van der Waals surface area contributed by atoms with Gasteiger partial charge in [0.25, 0.3) is 29.5 Å². The van der Waals surface area contributed by atoms with Crippen molar-refractivity contribution in [2.45, 2.75) is 203 Å². The van der Waals surface area contributed by atoms with Crippen molar-refractivity contribution in [3.8, 4) is 0 Å². The number of hydrogen-bond donors (Lipinski definition) is 39. The summed E-state index contributed by atoms with van der Waals surface area (Å²) in [4.78, 5) is 150. The predicted octanol–water partition coefficient (Wildman–Crippen LogP) is -31.7. The minimum atomic E-state index is -2.80. The Bertz CT molecular complexity index is 3110.